The lowest BCUT2D eigenvalue weighted by atomic mass is 9.99. The molecule has 4 rings (SSSR count). The van der Waals surface area contributed by atoms with Gasteiger partial charge < -0.3 is 19.3 Å². The molecular formula is C20H27ClN2O3. The smallest absolute Gasteiger partial charge is 0.254 e. The maximum absolute atomic E-state index is 13.0. The minimum atomic E-state index is 0.0413. The predicted octanol–water partition coefficient (Wildman–Crippen LogP) is 3.59. The number of likely N-dealkylation sites (tertiary alicyclic amines) is 2. The van der Waals surface area contributed by atoms with Crippen molar-refractivity contribution >= 4 is 17.5 Å². The Bertz CT molecular complexity index is 653. The first-order valence-electron chi connectivity index (χ1n) is 9.85. The number of hydrogen-bond donors (Lipinski definition) is 0. The lowest BCUT2D eigenvalue weighted by Gasteiger charge is -2.40. The SMILES string of the molecule is O=C(c1cc(Cl)c2c(c1)OCCCO2)N1CCC(N2CCCCC2)CC1. The van der Waals surface area contributed by atoms with Gasteiger partial charge in [0.25, 0.3) is 5.91 Å². The molecular weight excluding hydrogens is 352 g/mol. The number of rotatable bonds is 2. The first-order valence-corrected chi connectivity index (χ1v) is 10.2. The molecule has 0 unspecified atom stereocenters. The van der Waals surface area contributed by atoms with Gasteiger partial charge >= 0.3 is 0 Å². The van der Waals surface area contributed by atoms with Crippen molar-refractivity contribution in [1.29, 1.82) is 0 Å². The number of amides is 1. The lowest BCUT2D eigenvalue weighted by molar-refractivity contribution is 0.0589. The van der Waals surface area contributed by atoms with Crippen LogP contribution in [0.3, 0.4) is 0 Å². The maximum Gasteiger partial charge on any atom is 0.254 e. The molecule has 1 aromatic carbocycles. The van der Waals surface area contributed by atoms with Gasteiger partial charge in [-0.2, -0.15) is 0 Å². The van der Waals surface area contributed by atoms with E-state index in [9.17, 15) is 4.79 Å². The summed E-state index contributed by atoms with van der Waals surface area (Å²) in [6.45, 7) is 5.23. The van der Waals surface area contributed by atoms with Crippen molar-refractivity contribution in [3.8, 4) is 11.5 Å². The number of nitrogens with zero attached hydrogens (tertiary/aromatic N) is 2. The average molecular weight is 379 g/mol. The fourth-order valence-corrected chi connectivity index (χ4v) is 4.52. The van der Waals surface area contributed by atoms with Gasteiger partial charge in [-0.1, -0.05) is 18.0 Å². The normalized spacial score (nSPS) is 22.1. The van der Waals surface area contributed by atoms with E-state index >= 15 is 0 Å². The highest BCUT2D eigenvalue weighted by molar-refractivity contribution is 6.32. The summed E-state index contributed by atoms with van der Waals surface area (Å²) < 4.78 is 11.4. The van der Waals surface area contributed by atoms with E-state index in [0.29, 0.717) is 41.3 Å². The largest absolute Gasteiger partial charge is 0.489 e. The van der Waals surface area contributed by atoms with Crippen molar-refractivity contribution in [2.45, 2.75) is 44.6 Å². The van der Waals surface area contributed by atoms with Crippen LogP contribution in [0.4, 0.5) is 0 Å². The molecule has 0 aromatic heterocycles. The molecule has 1 aromatic rings. The summed E-state index contributed by atoms with van der Waals surface area (Å²) in [6.07, 6.45) is 6.93. The Balaban J connectivity index is 1.42. The van der Waals surface area contributed by atoms with Crippen LogP contribution in [0.5, 0.6) is 11.5 Å². The summed E-state index contributed by atoms with van der Waals surface area (Å²) in [5.41, 5.74) is 0.593. The van der Waals surface area contributed by atoms with Gasteiger partial charge in [-0.15, -0.1) is 0 Å². The Hall–Kier alpha value is -1.46. The zero-order chi connectivity index (χ0) is 17.9. The number of hydrogen-bond acceptors (Lipinski definition) is 4. The van der Waals surface area contributed by atoms with Crippen LogP contribution in [0.2, 0.25) is 5.02 Å². The molecule has 26 heavy (non-hydrogen) atoms. The Labute approximate surface area is 160 Å². The van der Waals surface area contributed by atoms with Gasteiger partial charge in [0.05, 0.1) is 18.2 Å². The third-order valence-electron chi connectivity index (χ3n) is 5.71. The van der Waals surface area contributed by atoms with Crippen LogP contribution >= 0.6 is 11.6 Å². The molecule has 0 saturated carbocycles. The van der Waals surface area contributed by atoms with Crippen LogP contribution in [0.1, 0.15) is 48.9 Å². The highest BCUT2D eigenvalue weighted by atomic mass is 35.5. The second-order valence-electron chi connectivity index (χ2n) is 7.46. The molecule has 142 valence electrons. The minimum absolute atomic E-state index is 0.0413. The van der Waals surface area contributed by atoms with Crippen molar-refractivity contribution in [1.82, 2.24) is 9.80 Å². The summed E-state index contributed by atoms with van der Waals surface area (Å²) in [6, 6.07) is 4.13. The highest BCUT2D eigenvalue weighted by Gasteiger charge is 2.29. The second kappa shape index (κ2) is 8.05. The first-order chi connectivity index (χ1) is 12.7. The fraction of sp³-hybridized carbons (Fsp3) is 0.650. The van der Waals surface area contributed by atoms with Crippen molar-refractivity contribution in [3.05, 3.63) is 22.7 Å². The van der Waals surface area contributed by atoms with E-state index in [0.717, 1.165) is 32.4 Å². The van der Waals surface area contributed by atoms with E-state index in [1.54, 1.807) is 12.1 Å². The van der Waals surface area contributed by atoms with E-state index in [1.165, 1.54) is 32.4 Å². The molecule has 6 heteroatoms. The number of piperidine rings is 2. The van der Waals surface area contributed by atoms with Crippen LogP contribution in [0, 0.1) is 0 Å². The Morgan fingerprint density at radius 2 is 1.69 bits per heavy atom. The molecule has 0 bridgehead atoms. The third-order valence-corrected chi connectivity index (χ3v) is 5.99. The van der Waals surface area contributed by atoms with Crippen LogP contribution in [-0.2, 0) is 0 Å². The molecule has 3 aliphatic rings. The number of benzene rings is 1. The van der Waals surface area contributed by atoms with Gasteiger partial charge in [0.15, 0.2) is 11.5 Å². The summed E-state index contributed by atoms with van der Waals surface area (Å²) in [5, 5.41) is 0.455. The van der Waals surface area contributed by atoms with Crippen molar-refractivity contribution in [2.24, 2.45) is 0 Å². The van der Waals surface area contributed by atoms with E-state index in [4.69, 9.17) is 21.1 Å². The molecule has 2 fully saturated rings. The molecule has 0 N–H and O–H groups in total. The molecule has 1 amide bonds. The van der Waals surface area contributed by atoms with Crippen LogP contribution in [0.25, 0.3) is 0 Å². The molecule has 3 aliphatic heterocycles. The van der Waals surface area contributed by atoms with Crippen LogP contribution in [0.15, 0.2) is 12.1 Å². The highest BCUT2D eigenvalue weighted by Crippen LogP contribution is 2.38. The van der Waals surface area contributed by atoms with Gasteiger partial charge in [-0.25, -0.2) is 0 Å². The Morgan fingerprint density at radius 1 is 0.962 bits per heavy atom. The Morgan fingerprint density at radius 3 is 2.46 bits per heavy atom. The summed E-state index contributed by atoms with van der Waals surface area (Å²) in [5.74, 6) is 1.19. The van der Waals surface area contributed by atoms with E-state index in [-0.39, 0.29) is 5.91 Å². The fourth-order valence-electron chi connectivity index (χ4n) is 4.25. The standard InChI is InChI=1S/C20H27ClN2O3/c21-17-13-15(14-18-19(17)26-12-4-11-25-18)20(24)23-9-5-16(6-10-23)22-7-2-1-3-8-22/h13-14,16H,1-12H2. The second-order valence-corrected chi connectivity index (χ2v) is 7.86. The minimum Gasteiger partial charge on any atom is -0.489 e. The van der Waals surface area contributed by atoms with Crippen molar-refractivity contribution in [3.63, 3.8) is 0 Å². The van der Waals surface area contributed by atoms with Gasteiger partial charge in [-0.05, 0) is 50.9 Å². The first kappa shape index (κ1) is 17.9. The van der Waals surface area contributed by atoms with Crippen LogP contribution in [-0.4, -0.2) is 61.1 Å². The topological polar surface area (TPSA) is 42.0 Å². The van der Waals surface area contributed by atoms with Gasteiger partial charge in [0.1, 0.15) is 0 Å². The van der Waals surface area contributed by atoms with Gasteiger partial charge in [0, 0.05) is 31.1 Å². The van der Waals surface area contributed by atoms with Crippen molar-refractivity contribution in [2.75, 3.05) is 39.4 Å². The van der Waals surface area contributed by atoms with Gasteiger partial charge in [0.2, 0.25) is 0 Å². The lowest BCUT2D eigenvalue weighted by Crippen LogP contribution is -2.48. The van der Waals surface area contributed by atoms with Crippen molar-refractivity contribution < 1.29 is 14.3 Å². The third kappa shape index (κ3) is 3.79. The number of ether oxygens (including phenoxy) is 2. The van der Waals surface area contributed by atoms with Gasteiger partial charge in [-0.3, -0.25) is 4.79 Å². The molecule has 0 spiro atoms. The summed E-state index contributed by atoms with van der Waals surface area (Å²) >= 11 is 6.35. The number of halogens is 1. The Kier molecular flexibility index (Phi) is 5.55. The molecule has 3 heterocycles. The summed E-state index contributed by atoms with van der Waals surface area (Å²) in [4.78, 5) is 17.5. The molecule has 5 nitrogen and oxygen atoms in total. The zero-order valence-electron chi connectivity index (χ0n) is 15.2. The molecule has 0 atom stereocenters. The quantitative estimate of drug-likeness (QED) is 0.788. The maximum atomic E-state index is 13.0. The number of fused-ring (bicyclic) bond motifs is 1. The van der Waals surface area contributed by atoms with E-state index in [1.807, 2.05) is 4.90 Å². The van der Waals surface area contributed by atoms with E-state index in [2.05, 4.69) is 4.90 Å². The summed E-state index contributed by atoms with van der Waals surface area (Å²) in [7, 11) is 0. The average Bonchev–Trinajstić information content (AvgIpc) is 2.94. The van der Waals surface area contributed by atoms with E-state index < -0.39 is 0 Å². The monoisotopic (exact) mass is 378 g/mol. The zero-order valence-corrected chi connectivity index (χ0v) is 16.0. The molecule has 0 aliphatic carbocycles. The van der Waals surface area contributed by atoms with Crippen LogP contribution < -0.4 is 9.47 Å². The molecule has 0 radical (unpaired) electrons. The molecule has 2 saturated heterocycles. The number of carbonyl (C=O) groups is 1. The number of carbonyl (C=O) groups excluding carboxylic acids is 1. The predicted molar refractivity (Wildman–Crippen MR) is 101 cm³/mol.